The molecule has 1 atom stereocenters. The van der Waals surface area contributed by atoms with E-state index >= 15 is 0 Å². The summed E-state index contributed by atoms with van der Waals surface area (Å²) in [4.78, 5) is 14.0. The first-order chi connectivity index (χ1) is 5.04. The summed E-state index contributed by atoms with van der Waals surface area (Å²) >= 11 is 0. The van der Waals surface area contributed by atoms with Crippen molar-refractivity contribution in [1.29, 1.82) is 0 Å². The Morgan fingerprint density at radius 2 is 2.18 bits per heavy atom. The minimum absolute atomic E-state index is 0.308. The van der Waals surface area contributed by atoms with Crippen LogP contribution in [0.2, 0.25) is 0 Å². The van der Waals surface area contributed by atoms with Crippen LogP contribution < -0.4 is 0 Å². The third kappa shape index (κ3) is 3.34. The Balaban J connectivity index is 3.88. The topological polar surface area (TPSA) is 66.8 Å². The van der Waals surface area contributed by atoms with Crippen molar-refractivity contribution in [2.24, 2.45) is 0 Å². The van der Waals surface area contributed by atoms with Gasteiger partial charge in [0.05, 0.1) is 0 Å². The van der Waals surface area contributed by atoms with Gasteiger partial charge >= 0.3 is 5.97 Å². The fraction of sp³-hybridized carbons (Fsp3) is 0.857. The molecule has 0 aliphatic carbocycles. The number of aliphatic hydroxyl groups is 1. The number of rotatable bonds is 4. The maximum absolute atomic E-state index is 10.6. The van der Waals surface area contributed by atoms with Gasteiger partial charge in [-0.3, -0.25) is 4.89 Å². The molecule has 0 aromatic carbocycles. The molecule has 4 heteroatoms. The first-order valence-corrected chi connectivity index (χ1v) is 3.63. The van der Waals surface area contributed by atoms with E-state index in [0.717, 1.165) is 12.8 Å². The quantitative estimate of drug-likeness (QED) is 0.477. The predicted octanol–water partition coefficient (Wildman–Crippen LogP) is 0.944. The molecule has 2 N–H and O–H groups in total. The van der Waals surface area contributed by atoms with Crippen LogP contribution in [0.25, 0.3) is 0 Å². The average molecular weight is 162 g/mol. The Hall–Kier alpha value is -0.610. The van der Waals surface area contributed by atoms with Gasteiger partial charge in [-0.15, -0.1) is 0 Å². The highest BCUT2D eigenvalue weighted by molar-refractivity contribution is 5.77. The van der Waals surface area contributed by atoms with Crippen LogP contribution in [0.3, 0.4) is 0 Å². The number of hydrogen-bond donors (Lipinski definition) is 2. The fourth-order valence-corrected chi connectivity index (χ4v) is 0.721. The standard InChI is InChI=1S/C7H14O4/c1-3-4-5-7(2,9)6(8)11-10/h9-10H,3-5H2,1-2H3. The summed E-state index contributed by atoms with van der Waals surface area (Å²) in [5, 5.41) is 17.2. The third-order valence-electron chi connectivity index (χ3n) is 1.54. The lowest BCUT2D eigenvalue weighted by atomic mass is 10.00. The van der Waals surface area contributed by atoms with Crippen molar-refractivity contribution in [2.45, 2.75) is 38.7 Å². The van der Waals surface area contributed by atoms with E-state index in [9.17, 15) is 9.90 Å². The van der Waals surface area contributed by atoms with Crippen molar-refractivity contribution in [2.75, 3.05) is 0 Å². The van der Waals surface area contributed by atoms with Gasteiger partial charge < -0.3 is 5.11 Å². The number of carbonyl (C=O) groups excluding carboxylic acids is 1. The van der Waals surface area contributed by atoms with Crippen molar-refractivity contribution < 1.29 is 20.0 Å². The summed E-state index contributed by atoms with van der Waals surface area (Å²) in [7, 11) is 0. The van der Waals surface area contributed by atoms with Crippen molar-refractivity contribution in [3.05, 3.63) is 0 Å². The monoisotopic (exact) mass is 162 g/mol. The van der Waals surface area contributed by atoms with Crippen LogP contribution >= 0.6 is 0 Å². The maximum atomic E-state index is 10.6. The van der Waals surface area contributed by atoms with Gasteiger partial charge in [0.25, 0.3) is 0 Å². The number of carbonyl (C=O) groups is 1. The Morgan fingerprint density at radius 3 is 2.55 bits per heavy atom. The summed E-state index contributed by atoms with van der Waals surface area (Å²) in [6.07, 6.45) is 1.92. The molecule has 0 saturated carbocycles. The second-order valence-corrected chi connectivity index (χ2v) is 2.76. The van der Waals surface area contributed by atoms with Gasteiger partial charge in [0.15, 0.2) is 5.60 Å². The van der Waals surface area contributed by atoms with Gasteiger partial charge in [0.2, 0.25) is 0 Å². The van der Waals surface area contributed by atoms with Crippen LogP contribution in [0.4, 0.5) is 0 Å². The molecule has 66 valence electrons. The fourth-order valence-electron chi connectivity index (χ4n) is 0.721. The molecule has 0 saturated heterocycles. The van der Waals surface area contributed by atoms with Gasteiger partial charge in [-0.1, -0.05) is 19.8 Å². The number of unbranched alkanes of at least 4 members (excludes halogenated alkanes) is 1. The smallest absolute Gasteiger partial charge is 0.372 e. The number of hydrogen-bond acceptors (Lipinski definition) is 4. The van der Waals surface area contributed by atoms with Crippen molar-refractivity contribution in [3.63, 3.8) is 0 Å². The molecule has 1 unspecified atom stereocenters. The molecular weight excluding hydrogens is 148 g/mol. The predicted molar refractivity (Wildman–Crippen MR) is 38.9 cm³/mol. The third-order valence-corrected chi connectivity index (χ3v) is 1.54. The van der Waals surface area contributed by atoms with Gasteiger partial charge in [-0.05, 0) is 13.3 Å². The molecule has 0 heterocycles. The van der Waals surface area contributed by atoms with E-state index in [1.165, 1.54) is 6.92 Å². The van der Waals surface area contributed by atoms with E-state index in [2.05, 4.69) is 4.89 Å². The summed E-state index contributed by atoms with van der Waals surface area (Å²) in [6.45, 7) is 3.27. The molecule has 0 spiro atoms. The van der Waals surface area contributed by atoms with E-state index < -0.39 is 11.6 Å². The van der Waals surface area contributed by atoms with Crippen LogP contribution in [0, 0.1) is 0 Å². The largest absolute Gasteiger partial charge is 0.378 e. The van der Waals surface area contributed by atoms with Crippen molar-refractivity contribution in [1.82, 2.24) is 0 Å². The Labute approximate surface area is 65.7 Å². The highest BCUT2D eigenvalue weighted by Crippen LogP contribution is 2.14. The van der Waals surface area contributed by atoms with E-state index in [4.69, 9.17) is 5.26 Å². The molecule has 0 aliphatic heterocycles. The molecule has 0 aliphatic rings. The van der Waals surface area contributed by atoms with Crippen LogP contribution in [0.1, 0.15) is 33.1 Å². The highest BCUT2D eigenvalue weighted by Gasteiger charge is 2.31. The molecule has 0 bridgehead atoms. The van der Waals surface area contributed by atoms with Crippen LogP contribution in [-0.2, 0) is 9.68 Å². The van der Waals surface area contributed by atoms with Crippen LogP contribution in [-0.4, -0.2) is 21.9 Å². The van der Waals surface area contributed by atoms with E-state index in [1.807, 2.05) is 6.92 Å². The molecule has 0 aromatic heterocycles. The zero-order valence-electron chi connectivity index (χ0n) is 6.83. The molecule has 0 rings (SSSR count). The Bertz CT molecular complexity index is 130. The second kappa shape index (κ2) is 4.31. The van der Waals surface area contributed by atoms with Crippen molar-refractivity contribution >= 4 is 5.97 Å². The highest BCUT2D eigenvalue weighted by atomic mass is 17.1. The SMILES string of the molecule is CCCCC(C)(O)C(=O)OO. The van der Waals surface area contributed by atoms with Gasteiger partial charge in [-0.25, -0.2) is 4.79 Å². The normalized spacial score (nSPS) is 15.6. The molecule has 0 fully saturated rings. The summed E-state index contributed by atoms with van der Waals surface area (Å²) < 4.78 is 0. The molecule has 4 nitrogen and oxygen atoms in total. The van der Waals surface area contributed by atoms with E-state index in [0.29, 0.717) is 6.42 Å². The summed E-state index contributed by atoms with van der Waals surface area (Å²) in [5.41, 5.74) is -1.55. The van der Waals surface area contributed by atoms with Gasteiger partial charge in [0, 0.05) is 0 Å². The van der Waals surface area contributed by atoms with Gasteiger partial charge in [0.1, 0.15) is 0 Å². The summed E-state index contributed by atoms with van der Waals surface area (Å²) in [6, 6.07) is 0. The molecule has 0 aromatic rings. The zero-order valence-corrected chi connectivity index (χ0v) is 6.83. The first kappa shape index (κ1) is 10.4. The average Bonchev–Trinajstić information content (AvgIpc) is 1.99. The maximum Gasteiger partial charge on any atom is 0.372 e. The zero-order chi connectivity index (χ0) is 8.91. The molecule has 0 radical (unpaired) electrons. The van der Waals surface area contributed by atoms with Gasteiger partial charge in [-0.2, -0.15) is 5.26 Å². The minimum Gasteiger partial charge on any atom is -0.378 e. The lowest BCUT2D eigenvalue weighted by molar-refractivity contribution is -0.250. The molecule has 0 amide bonds. The van der Waals surface area contributed by atoms with Crippen LogP contribution in [0.5, 0.6) is 0 Å². The molecule has 11 heavy (non-hydrogen) atoms. The van der Waals surface area contributed by atoms with Crippen molar-refractivity contribution in [3.8, 4) is 0 Å². The first-order valence-electron chi connectivity index (χ1n) is 3.63. The Morgan fingerprint density at radius 1 is 1.64 bits per heavy atom. The second-order valence-electron chi connectivity index (χ2n) is 2.76. The Kier molecular flexibility index (Phi) is 4.07. The van der Waals surface area contributed by atoms with E-state index in [1.54, 1.807) is 0 Å². The molecular formula is C7H14O4. The van der Waals surface area contributed by atoms with Crippen LogP contribution in [0.15, 0.2) is 0 Å². The minimum atomic E-state index is -1.55. The lowest BCUT2D eigenvalue weighted by Gasteiger charge is -2.17. The van der Waals surface area contributed by atoms with E-state index in [-0.39, 0.29) is 0 Å². The summed E-state index contributed by atoms with van der Waals surface area (Å²) in [5.74, 6) is -0.994. The lowest BCUT2D eigenvalue weighted by Crippen LogP contribution is -2.36.